The molecule has 2 heterocycles. The van der Waals surface area contributed by atoms with Crippen LogP contribution in [0.1, 0.15) is 0 Å². The molecule has 118 valence electrons. The zero-order valence-electron chi connectivity index (χ0n) is 12.4. The summed E-state index contributed by atoms with van der Waals surface area (Å²) in [5, 5.41) is 11.0. The van der Waals surface area contributed by atoms with E-state index in [9.17, 15) is 8.78 Å². The maximum Gasteiger partial charge on any atom is 0.166 e. The molecule has 4 rings (SSSR count). The van der Waals surface area contributed by atoms with Gasteiger partial charge in [-0.1, -0.05) is 12.1 Å². The Morgan fingerprint density at radius 3 is 2.71 bits per heavy atom. The quantitative estimate of drug-likeness (QED) is 0.577. The Balaban J connectivity index is 1.60. The molecule has 0 aliphatic rings. The van der Waals surface area contributed by atoms with E-state index in [2.05, 4.69) is 20.5 Å². The van der Waals surface area contributed by atoms with Crippen LogP contribution in [0.2, 0.25) is 0 Å². The van der Waals surface area contributed by atoms with E-state index in [0.717, 1.165) is 22.7 Å². The van der Waals surface area contributed by atoms with Crippen LogP contribution in [-0.2, 0) is 0 Å². The fraction of sp³-hybridized carbons (Fsp3) is 0. The lowest BCUT2D eigenvalue weighted by Crippen LogP contribution is -1.94. The molecule has 0 amide bonds. The van der Waals surface area contributed by atoms with Gasteiger partial charge in [0.1, 0.15) is 5.82 Å². The maximum absolute atomic E-state index is 13.8. The molecule has 0 aliphatic carbocycles. The number of H-pyrrole nitrogens is 1. The second-order valence-electron chi connectivity index (χ2n) is 5.33. The van der Waals surface area contributed by atoms with Gasteiger partial charge in [0.05, 0.1) is 11.7 Å². The van der Waals surface area contributed by atoms with Crippen LogP contribution in [0.25, 0.3) is 22.0 Å². The molecule has 4 nitrogen and oxygen atoms in total. The molecule has 2 N–H and O–H groups in total. The smallest absolute Gasteiger partial charge is 0.166 e. The van der Waals surface area contributed by atoms with Crippen molar-refractivity contribution in [1.29, 1.82) is 0 Å². The maximum atomic E-state index is 13.8. The predicted molar refractivity (Wildman–Crippen MR) is 89.0 cm³/mol. The largest absolute Gasteiger partial charge is 0.340 e. The van der Waals surface area contributed by atoms with Crippen LogP contribution in [0.3, 0.4) is 0 Å². The lowest BCUT2D eigenvalue weighted by molar-refractivity contribution is 0.511. The Labute approximate surface area is 136 Å². The van der Waals surface area contributed by atoms with Gasteiger partial charge in [-0.3, -0.25) is 5.10 Å². The summed E-state index contributed by atoms with van der Waals surface area (Å²) in [5.41, 5.74) is 2.52. The second kappa shape index (κ2) is 5.73. The zero-order chi connectivity index (χ0) is 16.5. The van der Waals surface area contributed by atoms with Crippen LogP contribution in [0.15, 0.2) is 60.9 Å². The number of hydrogen-bond donors (Lipinski definition) is 2. The third kappa shape index (κ3) is 2.58. The number of benzene rings is 2. The van der Waals surface area contributed by atoms with Gasteiger partial charge in [0.25, 0.3) is 0 Å². The molecular weight excluding hydrogens is 310 g/mol. The monoisotopic (exact) mass is 322 g/mol. The minimum absolute atomic E-state index is 0.189. The average Bonchev–Trinajstić information content (AvgIpc) is 3.06. The van der Waals surface area contributed by atoms with Gasteiger partial charge in [0, 0.05) is 28.4 Å². The Bertz CT molecular complexity index is 1010. The Morgan fingerprint density at radius 1 is 0.958 bits per heavy atom. The molecule has 4 aromatic rings. The van der Waals surface area contributed by atoms with Crippen molar-refractivity contribution in [1.82, 2.24) is 15.2 Å². The Morgan fingerprint density at radius 2 is 1.88 bits per heavy atom. The highest BCUT2D eigenvalue weighted by Gasteiger charge is 2.10. The fourth-order valence-corrected chi connectivity index (χ4v) is 2.52. The number of pyridine rings is 1. The summed E-state index contributed by atoms with van der Waals surface area (Å²) < 4.78 is 27.1. The standard InChI is InChI=1S/C18H12F2N4/c19-15-3-1-2-14(18(15)20)11-4-7-17(21-9-11)23-13-5-6-16-12(8-13)10-22-24-16/h1-10H,(H,21,23)(H,22,24). The number of aromatic amines is 1. The van der Waals surface area contributed by atoms with E-state index < -0.39 is 11.6 Å². The molecule has 2 aromatic carbocycles. The fourth-order valence-electron chi connectivity index (χ4n) is 2.52. The van der Waals surface area contributed by atoms with Gasteiger partial charge < -0.3 is 5.32 Å². The van der Waals surface area contributed by atoms with E-state index >= 15 is 0 Å². The summed E-state index contributed by atoms with van der Waals surface area (Å²) in [5.74, 6) is -1.13. The molecule has 2 aromatic heterocycles. The molecule has 0 fully saturated rings. The summed E-state index contributed by atoms with van der Waals surface area (Å²) >= 11 is 0. The first kappa shape index (κ1) is 14.3. The summed E-state index contributed by atoms with van der Waals surface area (Å²) in [7, 11) is 0. The average molecular weight is 322 g/mol. The van der Waals surface area contributed by atoms with Crippen LogP contribution in [-0.4, -0.2) is 15.2 Å². The van der Waals surface area contributed by atoms with Gasteiger partial charge in [-0.15, -0.1) is 0 Å². The van der Waals surface area contributed by atoms with Gasteiger partial charge in [-0.25, -0.2) is 13.8 Å². The highest BCUT2D eigenvalue weighted by Crippen LogP contribution is 2.25. The predicted octanol–water partition coefficient (Wildman–Crippen LogP) is 4.65. The lowest BCUT2D eigenvalue weighted by atomic mass is 10.1. The van der Waals surface area contributed by atoms with Crippen molar-refractivity contribution in [2.24, 2.45) is 0 Å². The SMILES string of the molecule is Fc1cccc(-c2ccc(Nc3ccc4[nH]ncc4c3)nc2)c1F. The third-order valence-electron chi connectivity index (χ3n) is 3.74. The molecule has 0 saturated heterocycles. The summed E-state index contributed by atoms with van der Waals surface area (Å²) in [6.45, 7) is 0. The molecular formula is C18H12F2N4. The van der Waals surface area contributed by atoms with Gasteiger partial charge >= 0.3 is 0 Å². The van der Waals surface area contributed by atoms with E-state index in [1.54, 1.807) is 18.3 Å². The van der Waals surface area contributed by atoms with E-state index in [1.807, 2.05) is 18.2 Å². The van der Waals surface area contributed by atoms with Gasteiger partial charge in [0.15, 0.2) is 11.6 Å². The van der Waals surface area contributed by atoms with Crippen molar-refractivity contribution in [2.75, 3.05) is 5.32 Å². The molecule has 0 saturated carbocycles. The summed E-state index contributed by atoms with van der Waals surface area (Å²) in [6.07, 6.45) is 3.25. The van der Waals surface area contributed by atoms with Crippen LogP contribution in [0.4, 0.5) is 20.3 Å². The number of aromatic nitrogens is 3. The van der Waals surface area contributed by atoms with Crippen molar-refractivity contribution in [3.05, 3.63) is 72.6 Å². The number of nitrogens with zero attached hydrogens (tertiary/aromatic N) is 2. The van der Waals surface area contributed by atoms with Crippen LogP contribution in [0.5, 0.6) is 0 Å². The van der Waals surface area contributed by atoms with Crippen molar-refractivity contribution in [3.63, 3.8) is 0 Å². The molecule has 24 heavy (non-hydrogen) atoms. The molecule has 0 bridgehead atoms. The number of nitrogens with one attached hydrogen (secondary N) is 2. The second-order valence-corrected chi connectivity index (χ2v) is 5.33. The molecule has 0 atom stereocenters. The number of rotatable bonds is 3. The van der Waals surface area contributed by atoms with Crippen molar-refractivity contribution in [3.8, 4) is 11.1 Å². The van der Waals surface area contributed by atoms with Gasteiger partial charge in [-0.05, 0) is 36.4 Å². The van der Waals surface area contributed by atoms with E-state index in [-0.39, 0.29) is 5.56 Å². The molecule has 0 spiro atoms. The highest BCUT2D eigenvalue weighted by atomic mass is 19.2. The minimum atomic E-state index is -0.872. The molecule has 0 aliphatic heterocycles. The van der Waals surface area contributed by atoms with Crippen molar-refractivity contribution < 1.29 is 8.78 Å². The van der Waals surface area contributed by atoms with Gasteiger partial charge in [0.2, 0.25) is 0 Å². The highest BCUT2D eigenvalue weighted by molar-refractivity contribution is 5.82. The normalized spacial score (nSPS) is 10.9. The Hall–Kier alpha value is -3.28. The van der Waals surface area contributed by atoms with E-state index in [0.29, 0.717) is 11.4 Å². The first-order valence-electron chi connectivity index (χ1n) is 7.31. The van der Waals surface area contributed by atoms with Crippen LogP contribution >= 0.6 is 0 Å². The first-order valence-corrected chi connectivity index (χ1v) is 7.31. The van der Waals surface area contributed by atoms with Crippen molar-refractivity contribution in [2.45, 2.75) is 0 Å². The van der Waals surface area contributed by atoms with Crippen LogP contribution < -0.4 is 5.32 Å². The number of anilines is 2. The topological polar surface area (TPSA) is 53.6 Å². The Kier molecular flexibility index (Phi) is 3.42. The van der Waals surface area contributed by atoms with Gasteiger partial charge in [-0.2, -0.15) is 5.10 Å². The number of fused-ring (bicyclic) bond motifs is 1. The number of hydrogen-bond acceptors (Lipinski definition) is 3. The van der Waals surface area contributed by atoms with E-state index in [4.69, 9.17) is 0 Å². The lowest BCUT2D eigenvalue weighted by Gasteiger charge is -2.08. The minimum Gasteiger partial charge on any atom is -0.340 e. The zero-order valence-corrected chi connectivity index (χ0v) is 12.4. The summed E-state index contributed by atoms with van der Waals surface area (Å²) in [4.78, 5) is 4.27. The van der Waals surface area contributed by atoms with E-state index in [1.165, 1.54) is 18.3 Å². The van der Waals surface area contributed by atoms with Crippen molar-refractivity contribution >= 4 is 22.4 Å². The summed E-state index contributed by atoms with van der Waals surface area (Å²) in [6, 6.07) is 13.3. The number of halogens is 2. The molecule has 0 radical (unpaired) electrons. The van der Waals surface area contributed by atoms with Crippen LogP contribution in [0, 0.1) is 11.6 Å². The third-order valence-corrected chi connectivity index (χ3v) is 3.74. The first-order chi connectivity index (χ1) is 11.7. The molecule has 6 heteroatoms. The molecule has 0 unspecified atom stereocenters.